The maximum atomic E-state index is 12.1. The number of rotatable bonds is 14. The number of hydrogen-bond donors (Lipinski definition) is 6. The molecule has 7 N–H and O–H groups in total. The summed E-state index contributed by atoms with van der Waals surface area (Å²) >= 11 is 1.02. The van der Waals surface area contributed by atoms with Crippen LogP contribution in [0.5, 0.6) is 0 Å². The molecule has 0 saturated carbocycles. The van der Waals surface area contributed by atoms with Gasteiger partial charge in [0, 0.05) is 37.1 Å². The minimum Gasteiger partial charge on any atom is -0.464 e. The lowest BCUT2D eigenvalue weighted by atomic mass is 9.87. The van der Waals surface area contributed by atoms with Crippen molar-refractivity contribution in [1.82, 2.24) is 10.6 Å². The molecule has 0 saturated heterocycles. The van der Waals surface area contributed by atoms with Gasteiger partial charge in [0.05, 0.1) is 19.3 Å². The van der Waals surface area contributed by atoms with Gasteiger partial charge in [0.15, 0.2) is 5.12 Å². The molecule has 11 nitrogen and oxygen atoms in total. The third-order valence-corrected chi connectivity index (χ3v) is 4.77. The molecule has 0 bridgehead atoms. The standard InChI is InChI=1S/C18H33N3O8S/c1-11(23)8-14(25)30-7-6-20-13(24)4-5-21-16(27)15(26)18(2,3)10-29-17(28)12(19)9-22/h11-12,15,22-23,26H,4-10,19H2,1-3H3,(H,20,24)(H,21,27)/t11-,12+,15+/m1/s1. The summed E-state index contributed by atoms with van der Waals surface area (Å²) in [5.74, 6) is -1.54. The zero-order chi connectivity index (χ0) is 23.3. The van der Waals surface area contributed by atoms with Gasteiger partial charge in [-0.2, -0.15) is 0 Å². The van der Waals surface area contributed by atoms with Gasteiger partial charge < -0.3 is 36.4 Å². The first-order valence-corrected chi connectivity index (χ1v) is 10.5. The zero-order valence-corrected chi connectivity index (χ0v) is 18.4. The molecule has 0 fully saturated rings. The van der Waals surface area contributed by atoms with E-state index in [9.17, 15) is 24.3 Å². The highest BCUT2D eigenvalue weighted by molar-refractivity contribution is 8.13. The second kappa shape index (κ2) is 14.3. The van der Waals surface area contributed by atoms with Crippen LogP contribution < -0.4 is 16.4 Å². The number of nitrogens with two attached hydrogens (primary N) is 1. The number of aliphatic hydroxyl groups excluding tert-OH is 3. The second-order valence-corrected chi connectivity index (χ2v) is 8.60. The molecule has 0 aromatic carbocycles. The van der Waals surface area contributed by atoms with E-state index in [1.807, 2.05) is 0 Å². The van der Waals surface area contributed by atoms with Crippen LogP contribution in [0.25, 0.3) is 0 Å². The van der Waals surface area contributed by atoms with Gasteiger partial charge in [-0.15, -0.1) is 0 Å². The van der Waals surface area contributed by atoms with Crippen LogP contribution in [0.2, 0.25) is 0 Å². The van der Waals surface area contributed by atoms with Crippen molar-refractivity contribution in [3.05, 3.63) is 0 Å². The summed E-state index contributed by atoms with van der Waals surface area (Å²) in [6.45, 7) is 3.92. The lowest BCUT2D eigenvalue weighted by Gasteiger charge is -2.29. The SMILES string of the molecule is C[C@@H](O)CC(=O)SCCNC(=O)CCNC(=O)[C@H](O)C(C)(C)COC(=O)[C@@H](N)CO. The Morgan fingerprint density at radius 2 is 1.77 bits per heavy atom. The largest absolute Gasteiger partial charge is 0.464 e. The Labute approximate surface area is 180 Å². The van der Waals surface area contributed by atoms with Crippen LogP contribution in [0, 0.1) is 5.41 Å². The first-order valence-electron chi connectivity index (χ1n) is 9.50. The topological polar surface area (TPSA) is 188 Å². The van der Waals surface area contributed by atoms with Crippen molar-refractivity contribution in [2.45, 2.75) is 51.9 Å². The summed E-state index contributed by atoms with van der Waals surface area (Å²) in [5, 5.41) is 32.9. The van der Waals surface area contributed by atoms with Crippen LogP contribution in [0.15, 0.2) is 0 Å². The summed E-state index contributed by atoms with van der Waals surface area (Å²) in [7, 11) is 0. The first kappa shape index (κ1) is 28.3. The summed E-state index contributed by atoms with van der Waals surface area (Å²) in [5.41, 5.74) is 4.20. The van der Waals surface area contributed by atoms with Crippen LogP contribution in [-0.4, -0.2) is 88.5 Å². The Morgan fingerprint density at radius 1 is 1.13 bits per heavy atom. The molecule has 0 aliphatic heterocycles. The predicted molar refractivity (Wildman–Crippen MR) is 110 cm³/mol. The number of amides is 2. The van der Waals surface area contributed by atoms with E-state index in [1.165, 1.54) is 20.8 Å². The Balaban J connectivity index is 4.14. The van der Waals surface area contributed by atoms with Crippen LogP contribution in [0.1, 0.15) is 33.6 Å². The maximum absolute atomic E-state index is 12.1. The van der Waals surface area contributed by atoms with Crippen molar-refractivity contribution in [1.29, 1.82) is 0 Å². The van der Waals surface area contributed by atoms with E-state index in [1.54, 1.807) is 0 Å². The highest BCUT2D eigenvalue weighted by Gasteiger charge is 2.35. The number of nitrogens with one attached hydrogen (secondary N) is 2. The van der Waals surface area contributed by atoms with E-state index in [0.29, 0.717) is 5.75 Å². The Hall–Kier alpha value is -1.73. The molecule has 0 aromatic heterocycles. The van der Waals surface area contributed by atoms with Gasteiger partial charge in [-0.1, -0.05) is 25.6 Å². The van der Waals surface area contributed by atoms with E-state index in [2.05, 4.69) is 10.6 Å². The van der Waals surface area contributed by atoms with E-state index < -0.39 is 42.1 Å². The molecular formula is C18H33N3O8S. The molecule has 0 heterocycles. The van der Waals surface area contributed by atoms with Gasteiger partial charge in [-0.05, 0) is 6.92 Å². The molecule has 30 heavy (non-hydrogen) atoms. The molecule has 0 aliphatic carbocycles. The third kappa shape index (κ3) is 12.1. The Morgan fingerprint density at radius 3 is 2.33 bits per heavy atom. The number of carbonyl (C=O) groups is 4. The van der Waals surface area contributed by atoms with Gasteiger partial charge in [-0.3, -0.25) is 19.2 Å². The average molecular weight is 452 g/mol. The summed E-state index contributed by atoms with van der Waals surface area (Å²) in [6, 6.07) is -1.19. The van der Waals surface area contributed by atoms with Crippen molar-refractivity contribution < 1.29 is 39.2 Å². The molecule has 0 unspecified atom stereocenters. The van der Waals surface area contributed by atoms with Crippen molar-refractivity contribution in [2.75, 3.05) is 32.1 Å². The average Bonchev–Trinajstić information content (AvgIpc) is 2.67. The molecule has 0 spiro atoms. The summed E-state index contributed by atoms with van der Waals surface area (Å²) in [4.78, 5) is 46.7. The van der Waals surface area contributed by atoms with Crippen molar-refractivity contribution in [2.24, 2.45) is 11.1 Å². The molecule has 0 radical (unpaired) electrons. The zero-order valence-electron chi connectivity index (χ0n) is 17.6. The fraction of sp³-hybridized carbons (Fsp3) is 0.778. The number of ether oxygens (including phenoxy) is 1. The minimum atomic E-state index is -1.50. The molecule has 0 rings (SSSR count). The minimum absolute atomic E-state index is 0.0128. The van der Waals surface area contributed by atoms with Crippen LogP contribution in [-0.2, 0) is 23.9 Å². The molecule has 12 heteroatoms. The van der Waals surface area contributed by atoms with Crippen LogP contribution >= 0.6 is 11.8 Å². The summed E-state index contributed by atoms with van der Waals surface area (Å²) < 4.78 is 4.90. The highest BCUT2D eigenvalue weighted by atomic mass is 32.2. The van der Waals surface area contributed by atoms with E-state index in [0.717, 1.165) is 11.8 Å². The second-order valence-electron chi connectivity index (χ2n) is 7.45. The van der Waals surface area contributed by atoms with Crippen molar-refractivity contribution >= 4 is 34.7 Å². The highest BCUT2D eigenvalue weighted by Crippen LogP contribution is 2.21. The normalized spacial score (nSPS) is 14.4. The maximum Gasteiger partial charge on any atom is 0.325 e. The molecule has 2 amide bonds. The van der Waals surface area contributed by atoms with Gasteiger partial charge in [0.25, 0.3) is 0 Å². The van der Waals surface area contributed by atoms with E-state index in [-0.39, 0.29) is 43.6 Å². The lowest BCUT2D eigenvalue weighted by molar-refractivity contribution is -0.155. The number of hydrogen-bond acceptors (Lipinski definition) is 10. The lowest BCUT2D eigenvalue weighted by Crippen LogP contribution is -2.47. The smallest absolute Gasteiger partial charge is 0.325 e. The van der Waals surface area contributed by atoms with Crippen LogP contribution in [0.3, 0.4) is 0 Å². The fourth-order valence-corrected chi connectivity index (χ4v) is 2.80. The fourth-order valence-electron chi connectivity index (χ4n) is 2.01. The van der Waals surface area contributed by atoms with E-state index >= 15 is 0 Å². The van der Waals surface area contributed by atoms with Crippen LogP contribution in [0.4, 0.5) is 0 Å². The van der Waals surface area contributed by atoms with Gasteiger partial charge in [0.2, 0.25) is 11.8 Å². The van der Waals surface area contributed by atoms with Gasteiger partial charge in [-0.25, -0.2) is 0 Å². The van der Waals surface area contributed by atoms with Gasteiger partial charge in [0.1, 0.15) is 12.1 Å². The Kier molecular flexibility index (Phi) is 13.5. The molecule has 0 aromatic rings. The number of carbonyl (C=O) groups excluding carboxylic acids is 4. The van der Waals surface area contributed by atoms with Crippen molar-refractivity contribution in [3.8, 4) is 0 Å². The Bertz CT molecular complexity index is 586. The van der Waals surface area contributed by atoms with E-state index in [4.69, 9.17) is 20.7 Å². The molecular weight excluding hydrogens is 418 g/mol. The predicted octanol–water partition coefficient (Wildman–Crippen LogP) is -2.11. The number of aliphatic hydroxyl groups is 3. The van der Waals surface area contributed by atoms with Crippen molar-refractivity contribution in [3.63, 3.8) is 0 Å². The van der Waals surface area contributed by atoms with Gasteiger partial charge >= 0.3 is 5.97 Å². The monoisotopic (exact) mass is 451 g/mol. The summed E-state index contributed by atoms with van der Waals surface area (Å²) in [6.07, 6.45) is -2.17. The molecule has 174 valence electrons. The number of thioether (sulfide) groups is 1. The first-order chi connectivity index (χ1) is 13.9. The quantitative estimate of drug-likeness (QED) is 0.126. The third-order valence-electron chi connectivity index (χ3n) is 3.88. The molecule has 0 aliphatic rings. The molecule has 3 atom stereocenters. The number of esters is 1.